The van der Waals surface area contributed by atoms with E-state index in [1.54, 1.807) is 13.8 Å². The van der Waals surface area contributed by atoms with Gasteiger partial charge in [0, 0.05) is 23.5 Å². The highest BCUT2D eigenvalue weighted by Crippen LogP contribution is 2.36. The summed E-state index contributed by atoms with van der Waals surface area (Å²) in [4.78, 5) is 4.68. The molecule has 5 nitrogen and oxygen atoms in total. The second kappa shape index (κ2) is 9.79. The van der Waals surface area contributed by atoms with Gasteiger partial charge in [-0.05, 0) is 105 Å². The Morgan fingerprint density at radius 3 is 2.15 bits per heavy atom. The minimum Gasteiger partial charge on any atom is -0.367 e. The van der Waals surface area contributed by atoms with Crippen LogP contribution >= 0.6 is 0 Å². The van der Waals surface area contributed by atoms with Crippen LogP contribution in [-0.4, -0.2) is 24.7 Å². The van der Waals surface area contributed by atoms with Crippen molar-refractivity contribution < 1.29 is 8.42 Å². The number of nitrogens with zero attached hydrogens (tertiary/aromatic N) is 1. The average Bonchev–Trinajstić information content (AvgIpc) is 3.31. The van der Waals surface area contributed by atoms with Crippen molar-refractivity contribution in [3.05, 3.63) is 65.4 Å². The Labute approximate surface area is 204 Å². The first-order valence-electron chi connectivity index (χ1n) is 12.1. The molecule has 2 N–H and O–H groups in total. The molecule has 0 spiro atoms. The molecule has 0 atom stereocenters. The van der Waals surface area contributed by atoms with Crippen molar-refractivity contribution >= 4 is 21.5 Å². The maximum atomic E-state index is 12.2. The van der Waals surface area contributed by atoms with E-state index in [2.05, 4.69) is 54.0 Å². The zero-order valence-electron chi connectivity index (χ0n) is 20.8. The summed E-state index contributed by atoms with van der Waals surface area (Å²) in [5, 5.41) is 3.08. The highest BCUT2D eigenvalue weighted by atomic mass is 32.2. The molecule has 1 aliphatic rings. The first-order valence-corrected chi connectivity index (χ1v) is 13.7. The molecule has 4 rings (SSSR count). The van der Waals surface area contributed by atoms with E-state index >= 15 is 0 Å². The standard InChI is InChI=1S/C28H35N3O2S/c1-18(2)34(32,33)31-25-13-10-22(11-14-25)28-19(3)16-26(20(4)21(28)5)23-12-15-27(29-17-23)30-24-8-6-7-9-24/h10-18,24,31H,6-9H2,1-5H3,(H,29,30). The van der Waals surface area contributed by atoms with Crippen LogP contribution in [0.3, 0.4) is 0 Å². The Morgan fingerprint density at radius 2 is 1.56 bits per heavy atom. The maximum Gasteiger partial charge on any atom is 0.235 e. The molecule has 0 aliphatic heterocycles. The van der Waals surface area contributed by atoms with Gasteiger partial charge >= 0.3 is 0 Å². The van der Waals surface area contributed by atoms with E-state index in [0.29, 0.717) is 11.7 Å². The number of sulfonamides is 1. The van der Waals surface area contributed by atoms with Gasteiger partial charge in [0.05, 0.1) is 5.25 Å². The smallest absolute Gasteiger partial charge is 0.235 e. The number of nitrogens with one attached hydrogen (secondary N) is 2. The quantitative estimate of drug-likeness (QED) is 0.390. The average molecular weight is 478 g/mol. The topological polar surface area (TPSA) is 71.1 Å². The fourth-order valence-electron chi connectivity index (χ4n) is 4.73. The monoisotopic (exact) mass is 477 g/mol. The van der Waals surface area contributed by atoms with Gasteiger partial charge < -0.3 is 5.32 Å². The van der Waals surface area contributed by atoms with Gasteiger partial charge in [-0.2, -0.15) is 0 Å². The molecular weight excluding hydrogens is 442 g/mol. The van der Waals surface area contributed by atoms with E-state index in [1.807, 2.05) is 30.5 Å². The minimum absolute atomic E-state index is 0.478. The van der Waals surface area contributed by atoms with Crippen LogP contribution in [0.1, 0.15) is 56.2 Å². The van der Waals surface area contributed by atoms with Gasteiger partial charge in [0.1, 0.15) is 5.82 Å². The van der Waals surface area contributed by atoms with Crippen molar-refractivity contribution in [2.24, 2.45) is 0 Å². The summed E-state index contributed by atoms with van der Waals surface area (Å²) in [7, 11) is -3.36. The lowest BCUT2D eigenvalue weighted by Crippen LogP contribution is -2.22. The Morgan fingerprint density at radius 1 is 0.912 bits per heavy atom. The molecule has 180 valence electrons. The molecule has 0 unspecified atom stereocenters. The first-order chi connectivity index (χ1) is 16.2. The maximum absolute atomic E-state index is 12.2. The molecule has 2 aromatic carbocycles. The molecule has 1 fully saturated rings. The number of aromatic nitrogens is 1. The Balaban J connectivity index is 1.59. The molecule has 0 bridgehead atoms. The van der Waals surface area contributed by atoms with Crippen molar-refractivity contribution in [2.75, 3.05) is 10.0 Å². The van der Waals surface area contributed by atoms with Crippen molar-refractivity contribution in [1.29, 1.82) is 0 Å². The summed E-state index contributed by atoms with van der Waals surface area (Å²) in [6.07, 6.45) is 7.03. The third-order valence-electron chi connectivity index (χ3n) is 6.93. The summed E-state index contributed by atoms with van der Waals surface area (Å²) in [6, 6.07) is 14.7. The van der Waals surface area contributed by atoms with Crippen LogP contribution in [0.15, 0.2) is 48.7 Å². The van der Waals surface area contributed by atoms with Crippen molar-refractivity contribution in [3.8, 4) is 22.3 Å². The van der Waals surface area contributed by atoms with Gasteiger partial charge in [0.25, 0.3) is 0 Å². The number of anilines is 2. The Kier molecular flexibility index (Phi) is 6.99. The summed E-state index contributed by atoms with van der Waals surface area (Å²) in [6.45, 7) is 9.78. The van der Waals surface area contributed by atoms with Crippen LogP contribution < -0.4 is 10.0 Å². The van der Waals surface area contributed by atoms with Crippen molar-refractivity contribution in [1.82, 2.24) is 4.98 Å². The van der Waals surface area contributed by atoms with Crippen LogP contribution in [0.2, 0.25) is 0 Å². The van der Waals surface area contributed by atoms with Gasteiger partial charge in [-0.1, -0.05) is 31.0 Å². The fraction of sp³-hybridized carbons (Fsp3) is 0.393. The van der Waals surface area contributed by atoms with Crippen molar-refractivity contribution in [2.45, 2.75) is 71.6 Å². The van der Waals surface area contributed by atoms with Crippen molar-refractivity contribution in [3.63, 3.8) is 0 Å². The van der Waals surface area contributed by atoms with Crippen LogP contribution in [-0.2, 0) is 10.0 Å². The van der Waals surface area contributed by atoms with Crippen LogP contribution in [0, 0.1) is 20.8 Å². The second-order valence-electron chi connectivity index (χ2n) is 9.70. The zero-order chi connectivity index (χ0) is 24.5. The number of hydrogen-bond donors (Lipinski definition) is 2. The SMILES string of the molecule is Cc1cc(-c2ccc(NC3CCCC3)nc2)c(C)c(C)c1-c1ccc(NS(=O)(=O)C(C)C)cc1. The molecule has 1 aliphatic carbocycles. The lowest BCUT2D eigenvalue weighted by atomic mass is 9.87. The lowest BCUT2D eigenvalue weighted by molar-refractivity contribution is 0.593. The third-order valence-corrected chi connectivity index (χ3v) is 8.69. The molecule has 0 amide bonds. The van der Waals surface area contributed by atoms with Crippen LogP contribution in [0.25, 0.3) is 22.3 Å². The van der Waals surface area contributed by atoms with E-state index in [4.69, 9.17) is 0 Å². The van der Waals surface area contributed by atoms with Gasteiger partial charge in [0.2, 0.25) is 10.0 Å². The molecule has 6 heteroatoms. The van der Waals surface area contributed by atoms with Crippen LogP contribution in [0.5, 0.6) is 0 Å². The molecular formula is C28H35N3O2S. The molecule has 34 heavy (non-hydrogen) atoms. The number of aryl methyl sites for hydroxylation is 1. The highest BCUT2D eigenvalue weighted by molar-refractivity contribution is 7.93. The second-order valence-corrected chi connectivity index (χ2v) is 11.9. The van der Waals surface area contributed by atoms with E-state index in [0.717, 1.165) is 16.9 Å². The van der Waals surface area contributed by atoms with Gasteiger partial charge in [-0.25, -0.2) is 13.4 Å². The van der Waals surface area contributed by atoms with Gasteiger partial charge in [0.15, 0.2) is 0 Å². The van der Waals surface area contributed by atoms with E-state index in [-0.39, 0.29) is 0 Å². The Bertz CT molecular complexity index is 1260. The van der Waals surface area contributed by atoms with E-state index in [9.17, 15) is 8.42 Å². The predicted molar refractivity (Wildman–Crippen MR) is 143 cm³/mol. The number of pyridine rings is 1. The van der Waals surface area contributed by atoms with Gasteiger partial charge in [-0.15, -0.1) is 0 Å². The summed E-state index contributed by atoms with van der Waals surface area (Å²) < 4.78 is 27.0. The van der Waals surface area contributed by atoms with Crippen LogP contribution in [0.4, 0.5) is 11.5 Å². The summed E-state index contributed by atoms with van der Waals surface area (Å²) in [5.74, 6) is 0.951. The molecule has 3 aromatic rings. The van der Waals surface area contributed by atoms with Gasteiger partial charge in [-0.3, -0.25) is 4.72 Å². The third kappa shape index (κ3) is 5.12. The van der Waals surface area contributed by atoms with E-state index < -0.39 is 15.3 Å². The largest absolute Gasteiger partial charge is 0.367 e. The molecule has 1 saturated carbocycles. The summed E-state index contributed by atoms with van der Waals surface area (Å²) in [5.41, 5.74) is 8.78. The minimum atomic E-state index is -3.36. The predicted octanol–water partition coefficient (Wildman–Crippen LogP) is 6.85. The normalized spacial score (nSPS) is 14.5. The Hall–Kier alpha value is -2.86. The molecule has 0 saturated heterocycles. The lowest BCUT2D eigenvalue weighted by Gasteiger charge is -2.18. The number of benzene rings is 2. The molecule has 1 heterocycles. The van der Waals surface area contributed by atoms with E-state index in [1.165, 1.54) is 53.5 Å². The number of hydrogen-bond acceptors (Lipinski definition) is 4. The molecule has 1 aromatic heterocycles. The first kappa shape index (κ1) is 24.3. The zero-order valence-corrected chi connectivity index (χ0v) is 21.6. The molecule has 0 radical (unpaired) electrons. The highest BCUT2D eigenvalue weighted by Gasteiger charge is 2.18. The fourth-order valence-corrected chi connectivity index (χ4v) is 5.43. The summed E-state index contributed by atoms with van der Waals surface area (Å²) >= 11 is 0. The number of rotatable bonds is 7.